The van der Waals surface area contributed by atoms with Crippen LogP contribution in [0.4, 0.5) is 5.69 Å². The summed E-state index contributed by atoms with van der Waals surface area (Å²) in [6, 6.07) is 1.93. The van der Waals surface area contributed by atoms with Crippen LogP contribution in [0.15, 0.2) is 16.9 Å². The number of nitrogens with one attached hydrogen (secondary N) is 2. The molecule has 1 aliphatic rings. The highest BCUT2D eigenvalue weighted by Gasteiger charge is 2.22. The van der Waals surface area contributed by atoms with Crippen molar-refractivity contribution in [2.75, 3.05) is 18.4 Å². The number of carbonyl (C=O) groups is 1. The van der Waals surface area contributed by atoms with Crippen molar-refractivity contribution >= 4 is 27.5 Å². The molecule has 2 atom stereocenters. The highest BCUT2D eigenvalue weighted by atomic mass is 79.9. The number of nitrogens with zero attached hydrogens (tertiary/aromatic N) is 1. The van der Waals surface area contributed by atoms with E-state index >= 15 is 0 Å². The lowest BCUT2D eigenvalue weighted by atomic mass is 9.85. The molecule has 0 aromatic carbocycles. The molecule has 0 saturated carbocycles. The number of halogens is 1. The zero-order valence-electron chi connectivity index (χ0n) is 12.1. The van der Waals surface area contributed by atoms with Crippen molar-refractivity contribution in [1.82, 2.24) is 10.3 Å². The molecule has 4 nitrogen and oxygen atoms in total. The lowest BCUT2D eigenvalue weighted by molar-refractivity contribution is -0.117. The fraction of sp³-hybridized carbons (Fsp3) is 0.600. The lowest BCUT2D eigenvalue weighted by Crippen LogP contribution is -2.34. The van der Waals surface area contributed by atoms with Crippen LogP contribution in [0.3, 0.4) is 0 Å². The first-order valence-corrected chi connectivity index (χ1v) is 7.98. The second kappa shape index (κ2) is 7.18. The Morgan fingerprint density at radius 3 is 3.10 bits per heavy atom. The fourth-order valence-corrected chi connectivity index (χ4v) is 2.88. The molecule has 5 heteroatoms. The lowest BCUT2D eigenvalue weighted by Gasteiger charge is -2.28. The third-order valence-electron chi connectivity index (χ3n) is 3.95. The molecule has 110 valence electrons. The van der Waals surface area contributed by atoms with Crippen LogP contribution >= 0.6 is 15.9 Å². The first-order chi connectivity index (χ1) is 9.56. The average Bonchev–Trinajstić information content (AvgIpc) is 2.44. The third-order valence-corrected chi connectivity index (χ3v) is 4.78. The van der Waals surface area contributed by atoms with Crippen LogP contribution in [0, 0.1) is 18.8 Å². The molecule has 0 bridgehead atoms. The molecular formula is C15H22BrN3O. The van der Waals surface area contributed by atoms with Gasteiger partial charge in [-0.1, -0.05) is 6.92 Å². The Kier molecular flexibility index (Phi) is 5.54. The highest BCUT2D eigenvalue weighted by molar-refractivity contribution is 9.10. The average molecular weight is 340 g/mol. The summed E-state index contributed by atoms with van der Waals surface area (Å²) in [6.07, 6.45) is 4.69. The summed E-state index contributed by atoms with van der Waals surface area (Å²) in [6.45, 7) is 6.28. The van der Waals surface area contributed by atoms with Gasteiger partial charge in [0.05, 0.1) is 11.9 Å². The van der Waals surface area contributed by atoms with E-state index in [1.807, 2.05) is 13.0 Å². The smallest absolute Gasteiger partial charge is 0.224 e. The summed E-state index contributed by atoms with van der Waals surface area (Å²) in [7, 11) is 0. The van der Waals surface area contributed by atoms with Crippen molar-refractivity contribution in [1.29, 1.82) is 0 Å². The van der Waals surface area contributed by atoms with E-state index in [4.69, 9.17) is 0 Å². The van der Waals surface area contributed by atoms with Crippen molar-refractivity contribution in [3.05, 3.63) is 22.4 Å². The summed E-state index contributed by atoms with van der Waals surface area (Å²) in [5.74, 6) is 1.10. The topological polar surface area (TPSA) is 54.0 Å². The number of amides is 1. The minimum atomic E-state index is 0.0756. The molecule has 0 radical (unpaired) electrons. The number of hydrogen-bond acceptors (Lipinski definition) is 3. The molecule has 1 amide bonds. The van der Waals surface area contributed by atoms with Crippen LogP contribution in [-0.2, 0) is 4.79 Å². The summed E-state index contributed by atoms with van der Waals surface area (Å²) < 4.78 is 0.817. The van der Waals surface area contributed by atoms with Gasteiger partial charge in [-0.25, -0.2) is 4.98 Å². The molecule has 1 aromatic rings. The number of anilines is 1. The molecule has 2 unspecified atom stereocenters. The van der Waals surface area contributed by atoms with Gasteiger partial charge in [0.25, 0.3) is 0 Å². The van der Waals surface area contributed by atoms with Crippen molar-refractivity contribution in [2.45, 2.75) is 33.1 Å². The second-order valence-electron chi connectivity index (χ2n) is 5.67. The van der Waals surface area contributed by atoms with Gasteiger partial charge in [-0.2, -0.15) is 0 Å². The Labute approximate surface area is 128 Å². The van der Waals surface area contributed by atoms with E-state index in [-0.39, 0.29) is 5.91 Å². The van der Waals surface area contributed by atoms with Crippen molar-refractivity contribution in [2.24, 2.45) is 11.8 Å². The Bertz CT molecular complexity index is 472. The number of rotatable bonds is 4. The summed E-state index contributed by atoms with van der Waals surface area (Å²) >= 11 is 3.36. The van der Waals surface area contributed by atoms with Crippen LogP contribution in [0.25, 0.3) is 0 Å². The Hall–Kier alpha value is -0.940. The maximum atomic E-state index is 12.1. The second-order valence-corrected chi connectivity index (χ2v) is 6.42. The summed E-state index contributed by atoms with van der Waals surface area (Å²) in [5.41, 5.74) is 1.79. The summed E-state index contributed by atoms with van der Waals surface area (Å²) in [4.78, 5) is 16.3. The minimum absolute atomic E-state index is 0.0756. The highest BCUT2D eigenvalue weighted by Crippen LogP contribution is 2.23. The SMILES string of the molecule is Cc1cc(NC(=O)CC(C)C2CCCNC2)cnc1Br. The number of piperidine rings is 1. The third kappa shape index (κ3) is 4.28. The van der Waals surface area contributed by atoms with Crippen LogP contribution in [0.1, 0.15) is 31.7 Å². The maximum absolute atomic E-state index is 12.1. The van der Waals surface area contributed by atoms with Gasteiger partial charge in [0.15, 0.2) is 0 Å². The van der Waals surface area contributed by atoms with E-state index in [0.29, 0.717) is 18.3 Å². The number of aryl methyl sites for hydroxylation is 1. The van der Waals surface area contributed by atoms with Crippen LogP contribution in [-0.4, -0.2) is 24.0 Å². The Morgan fingerprint density at radius 2 is 2.45 bits per heavy atom. The van der Waals surface area contributed by atoms with Crippen molar-refractivity contribution in [3.8, 4) is 0 Å². The van der Waals surface area contributed by atoms with Crippen LogP contribution in [0.2, 0.25) is 0 Å². The van der Waals surface area contributed by atoms with Gasteiger partial charge in [-0.3, -0.25) is 4.79 Å². The maximum Gasteiger partial charge on any atom is 0.224 e. The van der Waals surface area contributed by atoms with E-state index in [0.717, 1.165) is 28.9 Å². The van der Waals surface area contributed by atoms with Gasteiger partial charge in [0, 0.05) is 6.42 Å². The number of pyridine rings is 1. The Morgan fingerprint density at radius 1 is 1.65 bits per heavy atom. The standard InChI is InChI=1S/C15H22BrN3O/c1-10(12-4-3-5-17-8-12)7-14(20)19-13-6-11(2)15(16)18-9-13/h6,9-10,12,17H,3-5,7-8H2,1-2H3,(H,19,20). The fourth-order valence-electron chi connectivity index (χ4n) is 2.66. The van der Waals surface area contributed by atoms with E-state index in [1.54, 1.807) is 6.20 Å². The number of hydrogen-bond donors (Lipinski definition) is 2. The molecule has 1 fully saturated rings. The molecule has 20 heavy (non-hydrogen) atoms. The zero-order valence-corrected chi connectivity index (χ0v) is 13.7. The van der Waals surface area contributed by atoms with E-state index < -0.39 is 0 Å². The normalized spacial score (nSPS) is 20.4. The molecule has 1 aliphatic heterocycles. The molecule has 2 rings (SSSR count). The van der Waals surface area contributed by atoms with Gasteiger partial charge in [0.1, 0.15) is 4.60 Å². The van der Waals surface area contributed by atoms with E-state index in [2.05, 4.69) is 38.5 Å². The Balaban J connectivity index is 1.86. The summed E-state index contributed by atoms with van der Waals surface area (Å²) in [5, 5.41) is 6.34. The van der Waals surface area contributed by atoms with E-state index in [1.165, 1.54) is 12.8 Å². The van der Waals surface area contributed by atoms with E-state index in [9.17, 15) is 4.79 Å². The molecule has 0 aliphatic carbocycles. The first kappa shape index (κ1) is 15.4. The number of aromatic nitrogens is 1. The number of carbonyl (C=O) groups excluding carboxylic acids is 1. The van der Waals surface area contributed by atoms with Crippen molar-refractivity contribution < 1.29 is 4.79 Å². The van der Waals surface area contributed by atoms with Crippen LogP contribution in [0.5, 0.6) is 0 Å². The molecule has 2 N–H and O–H groups in total. The molecular weight excluding hydrogens is 318 g/mol. The largest absolute Gasteiger partial charge is 0.325 e. The minimum Gasteiger partial charge on any atom is -0.325 e. The van der Waals surface area contributed by atoms with Gasteiger partial charge < -0.3 is 10.6 Å². The zero-order chi connectivity index (χ0) is 14.5. The van der Waals surface area contributed by atoms with Crippen LogP contribution < -0.4 is 10.6 Å². The predicted octanol–water partition coefficient (Wildman–Crippen LogP) is 3.12. The van der Waals surface area contributed by atoms with Gasteiger partial charge >= 0.3 is 0 Å². The van der Waals surface area contributed by atoms with Gasteiger partial charge in [0.2, 0.25) is 5.91 Å². The van der Waals surface area contributed by atoms with Gasteiger partial charge in [-0.15, -0.1) is 0 Å². The monoisotopic (exact) mass is 339 g/mol. The molecule has 1 saturated heterocycles. The van der Waals surface area contributed by atoms with Crippen molar-refractivity contribution in [3.63, 3.8) is 0 Å². The molecule has 1 aromatic heterocycles. The van der Waals surface area contributed by atoms with Gasteiger partial charge in [-0.05, 0) is 72.3 Å². The first-order valence-electron chi connectivity index (χ1n) is 7.19. The predicted molar refractivity (Wildman–Crippen MR) is 84.7 cm³/mol. The molecule has 0 spiro atoms. The quantitative estimate of drug-likeness (QED) is 0.828. The molecule has 2 heterocycles.